The Hall–Kier alpha value is -3.35. The fourth-order valence-corrected chi connectivity index (χ4v) is 4.51. The van der Waals surface area contributed by atoms with Gasteiger partial charge in [-0.3, -0.25) is 9.69 Å². The summed E-state index contributed by atoms with van der Waals surface area (Å²) in [6.45, 7) is 5.90. The smallest absolute Gasteiger partial charge is 0.222 e. The van der Waals surface area contributed by atoms with E-state index in [4.69, 9.17) is 14.2 Å². The molecule has 1 heterocycles. The number of carbonyl (C=O) groups excluding carboxylic acids is 1. The van der Waals surface area contributed by atoms with Gasteiger partial charge >= 0.3 is 0 Å². The van der Waals surface area contributed by atoms with Crippen LogP contribution in [0.25, 0.3) is 0 Å². The highest BCUT2D eigenvalue weighted by molar-refractivity contribution is 5.76. The molecular weight excluding hydrogens is 464 g/mol. The van der Waals surface area contributed by atoms with Gasteiger partial charge in [0, 0.05) is 39.1 Å². The lowest BCUT2D eigenvalue weighted by atomic mass is 10.1. The lowest BCUT2D eigenvalue weighted by Crippen LogP contribution is -2.42. The Labute approximate surface area is 220 Å². The Morgan fingerprint density at radius 3 is 2.30 bits per heavy atom. The van der Waals surface area contributed by atoms with E-state index in [1.54, 1.807) is 7.11 Å². The normalized spacial score (nSPS) is 13.8. The number of aryl methyl sites for hydroxylation is 1. The van der Waals surface area contributed by atoms with Crippen LogP contribution in [0.2, 0.25) is 0 Å². The number of benzene rings is 3. The van der Waals surface area contributed by atoms with Gasteiger partial charge in [0.25, 0.3) is 0 Å². The fraction of sp³-hybridized carbons (Fsp3) is 0.387. The molecule has 6 nitrogen and oxygen atoms in total. The number of carbonyl (C=O) groups is 1. The Kier molecular flexibility index (Phi) is 10.4. The first kappa shape index (κ1) is 26.7. The maximum Gasteiger partial charge on any atom is 0.222 e. The minimum atomic E-state index is 0.188. The van der Waals surface area contributed by atoms with Crippen molar-refractivity contribution in [2.45, 2.75) is 32.4 Å². The van der Waals surface area contributed by atoms with Crippen LogP contribution in [-0.2, 0) is 29.1 Å². The monoisotopic (exact) mass is 502 g/mol. The average Bonchev–Trinajstić information content (AvgIpc) is 2.96. The minimum Gasteiger partial charge on any atom is -0.493 e. The van der Waals surface area contributed by atoms with Crippen LogP contribution in [0.15, 0.2) is 78.9 Å². The summed E-state index contributed by atoms with van der Waals surface area (Å²) in [5.74, 6) is 1.56. The van der Waals surface area contributed by atoms with Gasteiger partial charge in [-0.15, -0.1) is 0 Å². The molecule has 0 radical (unpaired) electrons. The Bertz CT molecular complexity index is 1080. The fourth-order valence-electron chi connectivity index (χ4n) is 4.51. The first-order valence-corrected chi connectivity index (χ1v) is 13.2. The summed E-state index contributed by atoms with van der Waals surface area (Å²) in [6.07, 6.45) is 2.28. The van der Waals surface area contributed by atoms with Crippen molar-refractivity contribution < 1.29 is 19.0 Å². The van der Waals surface area contributed by atoms with E-state index in [0.717, 1.165) is 56.8 Å². The number of hydrogen-bond acceptors (Lipinski definition) is 5. The third kappa shape index (κ3) is 8.62. The summed E-state index contributed by atoms with van der Waals surface area (Å²) < 4.78 is 17.1. The largest absolute Gasteiger partial charge is 0.493 e. The molecule has 0 unspecified atom stereocenters. The number of hydrogen-bond donors (Lipinski definition) is 0. The topological polar surface area (TPSA) is 51.2 Å². The van der Waals surface area contributed by atoms with Crippen molar-refractivity contribution in [2.24, 2.45) is 0 Å². The van der Waals surface area contributed by atoms with Crippen molar-refractivity contribution in [1.82, 2.24) is 9.80 Å². The zero-order chi connectivity index (χ0) is 25.7. The SMILES string of the molecule is COc1cc(CN(CCN2CCOCC2)C(=O)CCCc2ccccc2)ccc1OCc1ccccc1. The van der Waals surface area contributed by atoms with Crippen molar-refractivity contribution >= 4 is 5.91 Å². The van der Waals surface area contributed by atoms with E-state index in [2.05, 4.69) is 17.0 Å². The Morgan fingerprint density at radius 2 is 1.59 bits per heavy atom. The third-order valence-electron chi connectivity index (χ3n) is 6.68. The molecule has 0 aliphatic carbocycles. The van der Waals surface area contributed by atoms with Gasteiger partial charge in [0.2, 0.25) is 5.91 Å². The van der Waals surface area contributed by atoms with Gasteiger partial charge in [-0.05, 0) is 41.7 Å². The minimum absolute atomic E-state index is 0.188. The number of nitrogens with zero attached hydrogens (tertiary/aromatic N) is 2. The van der Waals surface area contributed by atoms with Crippen molar-refractivity contribution in [3.8, 4) is 11.5 Å². The van der Waals surface area contributed by atoms with Crippen LogP contribution < -0.4 is 9.47 Å². The van der Waals surface area contributed by atoms with Crippen LogP contribution in [0.5, 0.6) is 11.5 Å². The summed E-state index contributed by atoms with van der Waals surface area (Å²) in [5, 5.41) is 0. The maximum absolute atomic E-state index is 13.3. The molecule has 0 N–H and O–H groups in total. The molecule has 0 spiro atoms. The first-order valence-electron chi connectivity index (χ1n) is 13.2. The van der Waals surface area contributed by atoms with Crippen molar-refractivity contribution in [3.63, 3.8) is 0 Å². The molecule has 1 aliphatic heterocycles. The van der Waals surface area contributed by atoms with Crippen molar-refractivity contribution in [1.29, 1.82) is 0 Å². The van der Waals surface area contributed by atoms with E-state index in [-0.39, 0.29) is 5.91 Å². The highest BCUT2D eigenvalue weighted by Crippen LogP contribution is 2.29. The summed E-state index contributed by atoms with van der Waals surface area (Å²) in [4.78, 5) is 17.7. The third-order valence-corrected chi connectivity index (χ3v) is 6.68. The van der Waals surface area contributed by atoms with Gasteiger partial charge in [-0.2, -0.15) is 0 Å². The molecule has 1 fully saturated rings. The number of amides is 1. The van der Waals surface area contributed by atoms with Gasteiger partial charge < -0.3 is 19.1 Å². The lowest BCUT2D eigenvalue weighted by Gasteiger charge is -2.30. The molecule has 196 valence electrons. The van der Waals surface area contributed by atoms with Crippen LogP contribution in [-0.4, -0.2) is 62.2 Å². The molecule has 0 aromatic heterocycles. The molecule has 1 aliphatic rings. The van der Waals surface area contributed by atoms with Crippen LogP contribution in [0, 0.1) is 0 Å². The predicted octanol–water partition coefficient (Wildman–Crippen LogP) is 4.96. The molecule has 37 heavy (non-hydrogen) atoms. The maximum atomic E-state index is 13.3. The van der Waals surface area contributed by atoms with E-state index >= 15 is 0 Å². The number of morpholine rings is 1. The number of rotatable bonds is 13. The lowest BCUT2D eigenvalue weighted by molar-refractivity contribution is -0.132. The van der Waals surface area contributed by atoms with E-state index in [1.165, 1.54) is 5.56 Å². The zero-order valence-corrected chi connectivity index (χ0v) is 21.8. The van der Waals surface area contributed by atoms with Crippen molar-refractivity contribution in [2.75, 3.05) is 46.5 Å². The van der Waals surface area contributed by atoms with E-state index in [1.807, 2.05) is 71.6 Å². The van der Waals surface area contributed by atoms with Crippen molar-refractivity contribution in [3.05, 3.63) is 95.6 Å². The highest BCUT2D eigenvalue weighted by Gasteiger charge is 2.18. The number of ether oxygens (including phenoxy) is 3. The van der Waals surface area contributed by atoms with Gasteiger partial charge in [0.05, 0.1) is 20.3 Å². The molecule has 3 aromatic rings. The van der Waals surface area contributed by atoms with Gasteiger partial charge in [-0.1, -0.05) is 66.7 Å². The second-order valence-electron chi connectivity index (χ2n) is 9.37. The van der Waals surface area contributed by atoms with E-state index in [0.29, 0.717) is 37.6 Å². The van der Waals surface area contributed by atoms with E-state index < -0.39 is 0 Å². The molecular formula is C31H38N2O4. The molecule has 4 rings (SSSR count). The molecule has 0 saturated carbocycles. The number of methoxy groups -OCH3 is 1. The van der Waals surface area contributed by atoms with Gasteiger partial charge in [0.1, 0.15) is 6.61 Å². The van der Waals surface area contributed by atoms with Crippen LogP contribution in [0.1, 0.15) is 29.5 Å². The second kappa shape index (κ2) is 14.4. The quantitative estimate of drug-likeness (QED) is 0.331. The van der Waals surface area contributed by atoms with Gasteiger partial charge in [0.15, 0.2) is 11.5 Å². The Balaban J connectivity index is 1.38. The molecule has 3 aromatic carbocycles. The van der Waals surface area contributed by atoms with Crippen LogP contribution in [0.3, 0.4) is 0 Å². The average molecular weight is 503 g/mol. The summed E-state index contributed by atoms with van der Waals surface area (Å²) in [5.41, 5.74) is 3.40. The standard InChI is InChI=1S/C31H38N2O4/c1-35-30-23-28(15-16-29(30)37-25-27-11-6-3-7-12-27)24-33(18-17-32-19-21-36-22-20-32)31(34)14-8-13-26-9-4-2-5-10-26/h2-7,9-12,15-16,23H,8,13-14,17-22,24-25H2,1H3. The second-order valence-corrected chi connectivity index (χ2v) is 9.37. The highest BCUT2D eigenvalue weighted by atomic mass is 16.5. The Morgan fingerprint density at radius 1 is 0.892 bits per heavy atom. The molecule has 1 saturated heterocycles. The first-order chi connectivity index (χ1) is 18.2. The summed E-state index contributed by atoms with van der Waals surface area (Å²) in [6, 6.07) is 26.4. The van der Waals surface area contributed by atoms with Crippen LogP contribution >= 0.6 is 0 Å². The molecule has 0 bridgehead atoms. The zero-order valence-electron chi connectivity index (χ0n) is 21.8. The predicted molar refractivity (Wildman–Crippen MR) is 146 cm³/mol. The molecule has 1 amide bonds. The van der Waals surface area contributed by atoms with E-state index in [9.17, 15) is 4.79 Å². The van der Waals surface area contributed by atoms with Crippen LogP contribution in [0.4, 0.5) is 0 Å². The molecule has 6 heteroatoms. The summed E-state index contributed by atoms with van der Waals surface area (Å²) in [7, 11) is 1.65. The summed E-state index contributed by atoms with van der Waals surface area (Å²) >= 11 is 0. The molecule has 0 atom stereocenters. The van der Waals surface area contributed by atoms with Gasteiger partial charge in [-0.25, -0.2) is 0 Å².